The quantitative estimate of drug-likeness (QED) is 0.802. The first kappa shape index (κ1) is 11.0. The summed E-state index contributed by atoms with van der Waals surface area (Å²) < 4.78 is 12.9. The van der Waals surface area contributed by atoms with Gasteiger partial charge in [0.15, 0.2) is 0 Å². The van der Waals surface area contributed by atoms with Crippen molar-refractivity contribution in [3.05, 3.63) is 29.6 Å². The Kier molecular flexibility index (Phi) is 3.47. The van der Waals surface area contributed by atoms with Gasteiger partial charge in [-0.3, -0.25) is 0 Å². The van der Waals surface area contributed by atoms with Crippen LogP contribution < -0.4 is 10.6 Å². The zero-order valence-electron chi connectivity index (χ0n) is 8.92. The zero-order chi connectivity index (χ0) is 10.7. The van der Waals surface area contributed by atoms with Crippen molar-refractivity contribution >= 4 is 5.69 Å². The number of anilines is 1. The molecule has 1 aromatic carbocycles. The Morgan fingerprint density at radius 1 is 1.43 bits per heavy atom. The topological polar surface area (TPSA) is 29.3 Å². The van der Waals surface area contributed by atoms with Gasteiger partial charge in [-0.25, -0.2) is 4.39 Å². The largest absolute Gasteiger partial charge is 0.372 e. The molecule has 0 spiro atoms. The molecule has 0 aliphatic heterocycles. The minimum atomic E-state index is -0.230. The number of hydrogen-bond acceptors (Lipinski definition) is 2. The van der Waals surface area contributed by atoms with Crippen LogP contribution in [0.5, 0.6) is 0 Å². The molecular formula is C11H17FN2. The van der Waals surface area contributed by atoms with E-state index in [1.807, 2.05) is 7.05 Å². The van der Waals surface area contributed by atoms with Crippen LogP contribution in [0, 0.1) is 5.82 Å². The second kappa shape index (κ2) is 4.42. The van der Waals surface area contributed by atoms with Crippen LogP contribution in [0.2, 0.25) is 0 Å². The molecule has 0 bridgehead atoms. The molecule has 14 heavy (non-hydrogen) atoms. The van der Waals surface area contributed by atoms with Gasteiger partial charge in [-0.15, -0.1) is 0 Å². The van der Waals surface area contributed by atoms with E-state index in [2.05, 4.69) is 18.7 Å². The van der Waals surface area contributed by atoms with Crippen LogP contribution in [0.15, 0.2) is 18.2 Å². The maximum atomic E-state index is 12.9. The lowest BCUT2D eigenvalue weighted by Gasteiger charge is -2.26. The fraction of sp³-hybridized carbons (Fsp3) is 0.455. The predicted octanol–water partition coefficient (Wildman–Crippen LogP) is 2.13. The SMILES string of the molecule is CC(C)N(C)c1ccc(F)cc1CN. The van der Waals surface area contributed by atoms with E-state index in [-0.39, 0.29) is 5.82 Å². The molecule has 0 saturated carbocycles. The second-order valence-corrected chi connectivity index (χ2v) is 3.68. The molecule has 0 amide bonds. The number of hydrogen-bond donors (Lipinski definition) is 1. The summed E-state index contributed by atoms with van der Waals surface area (Å²) in [6.07, 6.45) is 0. The van der Waals surface area contributed by atoms with Crippen molar-refractivity contribution in [2.75, 3.05) is 11.9 Å². The van der Waals surface area contributed by atoms with Gasteiger partial charge in [0.05, 0.1) is 0 Å². The summed E-state index contributed by atoms with van der Waals surface area (Å²) in [6, 6.07) is 5.12. The average molecular weight is 196 g/mol. The molecule has 0 fully saturated rings. The van der Waals surface area contributed by atoms with Crippen LogP contribution in [0.4, 0.5) is 10.1 Å². The van der Waals surface area contributed by atoms with Crippen LogP contribution in [0.1, 0.15) is 19.4 Å². The van der Waals surface area contributed by atoms with Crippen molar-refractivity contribution in [2.24, 2.45) is 5.73 Å². The number of halogens is 1. The maximum Gasteiger partial charge on any atom is 0.123 e. The van der Waals surface area contributed by atoms with E-state index in [4.69, 9.17) is 5.73 Å². The summed E-state index contributed by atoms with van der Waals surface area (Å²) in [5, 5.41) is 0. The number of nitrogens with zero attached hydrogens (tertiary/aromatic N) is 1. The second-order valence-electron chi connectivity index (χ2n) is 3.68. The van der Waals surface area contributed by atoms with Gasteiger partial charge >= 0.3 is 0 Å². The summed E-state index contributed by atoms with van der Waals surface area (Å²) in [5.74, 6) is -0.230. The van der Waals surface area contributed by atoms with Gasteiger partial charge in [-0.2, -0.15) is 0 Å². The Labute approximate surface area is 84.5 Å². The van der Waals surface area contributed by atoms with Crippen molar-refractivity contribution in [3.63, 3.8) is 0 Å². The van der Waals surface area contributed by atoms with E-state index in [1.54, 1.807) is 6.07 Å². The van der Waals surface area contributed by atoms with Crippen molar-refractivity contribution in [1.82, 2.24) is 0 Å². The lowest BCUT2D eigenvalue weighted by molar-refractivity contribution is 0.624. The monoisotopic (exact) mass is 196 g/mol. The van der Waals surface area contributed by atoms with E-state index in [9.17, 15) is 4.39 Å². The Morgan fingerprint density at radius 3 is 2.57 bits per heavy atom. The first-order chi connectivity index (χ1) is 6.56. The van der Waals surface area contributed by atoms with E-state index in [1.165, 1.54) is 12.1 Å². The average Bonchev–Trinajstić information content (AvgIpc) is 2.16. The molecule has 0 aliphatic rings. The Hall–Kier alpha value is -1.09. The summed E-state index contributed by atoms with van der Waals surface area (Å²) >= 11 is 0. The molecule has 0 unspecified atom stereocenters. The molecule has 0 aliphatic carbocycles. The Bertz CT molecular complexity index is 310. The van der Waals surface area contributed by atoms with E-state index < -0.39 is 0 Å². The van der Waals surface area contributed by atoms with Crippen LogP contribution in [0.25, 0.3) is 0 Å². The smallest absolute Gasteiger partial charge is 0.123 e. The van der Waals surface area contributed by atoms with Gasteiger partial charge in [0.1, 0.15) is 5.82 Å². The normalized spacial score (nSPS) is 10.7. The fourth-order valence-electron chi connectivity index (χ4n) is 1.34. The first-order valence-corrected chi connectivity index (χ1v) is 4.77. The van der Waals surface area contributed by atoms with Crippen molar-refractivity contribution in [2.45, 2.75) is 26.4 Å². The van der Waals surface area contributed by atoms with Crippen LogP contribution in [-0.2, 0) is 6.54 Å². The van der Waals surface area contributed by atoms with E-state index in [0.717, 1.165) is 11.3 Å². The summed E-state index contributed by atoms with van der Waals surface area (Å²) in [4.78, 5) is 2.08. The molecule has 2 N–H and O–H groups in total. The minimum Gasteiger partial charge on any atom is -0.372 e. The van der Waals surface area contributed by atoms with Gasteiger partial charge < -0.3 is 10.6 Å². The number of rotatable bonds is 3. The molecule has 0 saturated heterocycles. The molecule has 1 aromatic rings. The molecule has 1 rings (SSSR count). The van der Waals surface area contributed by atoms with E-state index in [0.29, 0.717) is 12.6 Å². The van der Waals surface area contributed by atoms with Crippen LogP contribution in [-0.4, -0.2) is 13.1 Å². The Balaban J connectivity index is 3.07. The highest BCUT2D eigenvalue weighted by Gasteiger charge is 2.09. The van der Waals surface area contributed by atoms with Crippen LogP contribution in [0.3, 0.4) is 0 Å². The van der Waals surface area contributed by atoms with Crippen molar-refractivity contribution in [1.29, 1.82) is 0 Å². The van der Waals surface area contributed by atoms with Gasteiger partial charge in [0.25, 0.3) is 0 Å². The van der Waals surface area contributed by atoms with Gasteiger partial charge in [-0.1, -0.05) is 0 Å². The fourth-order valence-corrected chi connectivity index (χ4v) is 1.34. The third kappa shape index (κ3) is 2.23. The molecule has 3 heteroatoms. The highest BCUT2D eigenvalue weighted by molar-refractivity contribution is 5.53. The molecule has 78 valence electrons. The third-order valence-electron chi connectivity index (χ3n) is 2.42. The maximum absolute atomic E-state index is 12.9. The molecule has 0 heterocycles. The summed E-state index contributed by atoms with van der Waals surface area (Å²) in [6.45, 7) is 4.54. The standard InChI is InChI=1S/C11H17FN2/c1-8(2)14(3)11-5-4-10(12)6-9(11)7-13/h4-6,8H,7,13H2,1-3H3. The minimum absolute atomic E-state index is 0.230. The summed E-state index contributed by atoms with van der Waals surface area (Å²) in [7, 11) is 1.98. The third-order valence-corrected chi connectivity index (χ3v) is 2.42. The highest BCUT2D eigenvalue weighted by Crippen LogP contribution is 2.21. The van der Waals surface area contributed by atoms with Crippen molar-refractivity contribution in [3.8, 4) is 0 Å². The van der Waals surface area contributed by atoms with Gasteiger partial charge in [-0.05, 0) is 37.6 Å². The number of nitrogens with two attached hydrogens (primary N) is 1. The van der Waals surface area contributed by atoms with Gasteiger partial charge in [0, 0.05) is 25.3 Å². The first-order valence-electron chi connectivity index (χ1n) is 4.77. The molecular weight excluding hydrogens is 179 g/mol. The molecule has 0 radical (unpaired) electrons. The highest BCUT2D eigenvalue weighted by atomic mass is 19.1. The zero-order valence-corrected chi connectivity index (χ0v) is 8.92. The van der Waals surface area contributed by atoms with Crippen molar-refractivity contribution < 1.29 is 4.39 Å². The van der Waals surface area contributed by atoms with E-state index >= 15 is 0 Å². The lowest BCUT2D eigenvalue weighted by atomic mass is 10.1. The summed E-state index contributed by atoms with van der Waals surface area (Å²) in [5.41, 5.74) is 7.42. The Morgan fingerprint density at radius 2 is 2.07 bits per heavy atom. The molecule has 0 atom stereocenters. The molecule has 0 aromatic heterocycles. The van der Waals surface area contributed by atoms with Crippen LogP contribution >= 0.6 is 0 Å². The van der Waals surface area contributed by atoms with Gasteiger partial charge in [0.2, 0.25) is 0 Å². The number of benzene rings is 1. The predicted molar refractivity (Wildman–Crippen MR) is 57.8 cm³/mol. The lowest BCUT2D eigenvalue weighted by Crippen LogP contribution is -2.27. The molecule has 2 nitrogen and oxygen atoms in total.